The van der Waals surface area contributed by atoms with Crippen LogP contribution in [0, 0.1) is 17.0 Å². The zero-order chi connectivity index (χ0) is 15.9. The molecule has 1 heterocycles. The van der Waals surface area contributed by atoms with Gasteiger partial charge in [-0.25, -0.2) is 0 Å². The van der Waals surface area contributed by atoms with Gasteiger partial charge in [-0.3, -0.25) is 24.6 Å². The first kappa shape index (κ1) is 13.9. The molecule has 0 saturated carbocycles. The fourth-order valence-electron chi connectivity index (χ4n) is 2.60. The van der Waals surface area contributed by atoms with Gasteiger partial charge in [0, 0.05) is 6.07 Å². The van der Waals surface area contributed by atoms with Crippen molar-refractivity contribution in [3.63, 3.8) is 0 Å². The van der Waals surface area contributed by atoms with E-state index in [4.69, 9.17) is 0 Å². The molecular formula is C16H12N2O4. The number of benzene rings is 2. The SMILES string of the molecule is Cc1cccc(CN2C(=O)c3cccc([N+](=O)[O-])c3C2=O)c1. The van der Waals surface area contributed by atoms with Gasteiger partial charge in [0.25, 0.3) is 17.5 Å². The monoisotopic (exact) mass is 296 g/mol. The number of hydrogen-bond donors (Lipinski definition) is 0. The van der Waals surface area contributed by atoms with Crippen LogP contribution in [0.4, 0.5) is 5.69 Å². The second-order valence-corrected chi connectivity index (χ2v) is 5.14. The predicted octanol–water partition coefficient (Wildman–Crippen LogP) is 2.70. The average Bonchev–Trinajstić information content (AvgIpc) is 2.72. The zero-order valence-electron chi connectivity index (χ0n) is 11.8. The van der Waals surface area contributed by atoms with E-state index < -0.39 is 16.7 Å². The third-order valence-corrected chi connectivity index (χ3v) is 3.60. The number of imide groups is 1. The van der Waals surface area contributed by atoms with Crippen LogP contribution >= 0.6 is 0 Å². The minimum Gasteiger partial charge on any atom is -0.270 e. The molecule has 0 unspecified atom stereocenters. The van der Waals surface area contributed by atoms with E-state index in [2.05, 4.69) is 0 Å². The Morgan fingerprint density at radius 1 is 1.09 bits per heavy atom. The Kier molecular flexibility index (Phi) is 3.21. The van der Waals surface area contributed by atoms with Crippen molar-refractivity contribution in [3.8, 4) is 0 Å². The van der Waals surface area contributed by atoms with Gasteiger partial charge >= 0.3 is 0 Å². The van der Waals surface area contributed by atoms with E-state index >= 15 is 0 Å². The molecule has 22 heavy (non-hydrogen) atoms. The lowest BCUT2D eigenvalue weighted by atomic mass is 10.1. The molecule has 0 saturated heterocycles. The van der Waals surface area contributed by atoms with E-state index in [0.717, 1.165) is 16.0 Å². The molecule has 0 radical (unpaired) electrons. The summed E-state index contributed by atoms with van der Waals surface area (Å²) in [6.45, 7) is 2.02. The molecule has 0 aromatic heterocycles. The third-order valence-electron chi connectivity index (χ3n) is 3.60. The van der Waals surface area contributed by atoms with E-state index in [1.807, 2.05) is 31.2 Å². The first-order valence-electron chi connectivity index (χ1n) is 6.68. The van der Waals surface area contributed by atoms with Crippen molar-refractivity contribution in [1.29, 1.82) is 0 Å². The second-order valence-electron chi connectivity index (χ2n) is 5.14. The quantitative estimate of drug-likeness (QED) is 0.495. The Balaban J connectivity index is 2.00. The van der Waals surface area contributed by atoms with E-state index in [1.54, 1.807) is 0 Å². The number of carbonyl (C=O) groups is 2. The van der Waals surface area contributed by atoms with Gasteiger partial charge in [-0.2, -0.15) is 0 Å². The highest BCUT2D eigenvalue weighted by atomic mass is 16.6. The van der Waals surface area contributed by atoms with Crippen LogP contribution in [0.5, 0.6) is 0 Å². The molecule has 0 N–H and O–H groups in total. The van der Waals surface area contributed by atoms with Gasteiger partial charge in [0.05, 0.1) is 17.0 Å². The largest absolute Gasteiger partial charge is 0.282 e. The molecular weight excluding hydrogens is 284 g/mol. The first-order chi connectivity index (χ1) is 10.5. The maximum atomic E-state index is 12.4. The number of fused-ring (bicyclic) bond motifs is 1. The first-order valence-corrected chi connectivity index (χ1v) is 6.68. The maximum Gasteiger partial charge on any atom is 0.282 e. The Labute approximate surface area is 126 Å². The van der Waals surface area contributed by atoms with E-state index in [9.17, 15) is 19.7 Å². The number of amides is 2. The van der Waals surface area contributed by atoms with Gasteiger partial charge < -0.3 is 0 Å². The lowest BCUT2D eigenvalue weighted by Crippen LogP contribution is -2.29. The van der Waals surface area contributed by atoms with Crippen LogP contribution in [0.2, 0.25) is 0 Å². The maximum absolute atomic E-state index is 12.4. The summed E-state index contributed by atoms with van der Waals surface area (Å²) in [6, 6.07) is 11.5. The summed E-state index contributed by atoms with van der Waals surface area (Å²) >= 11 is 0. The van der Waals surface area contributed by atoms with Crippen molar-refractivity contribution < 1.29 is 14.5 Å². The standard InChI is InChI=1S/C16H12N2O4/c1-10-4-2-5-11(8-10)9-17-15(19)12-6-3-7-13(18(21)22)14(12)16(17)20/h2-8H,9H2,1H3. The van der Waals surface area contributed by atoms with E-state index in [1.165, 1.54) is 18.2 Å². The minimum absolute atomic E-state index is 0.0897. The molecule has 0 bridgehead atoms. The molecule has 110 valence electrons. The van der Waals surface area contributed by atoms with Crippen LogP contribution in [-0.4, -0.2) is 21.6 Å². The van der Waals surface area contributed by atoms with Crippen molar-refractivity contribution >= 4 is 17.5 Å². The van der Waals surface area contributed by atoms with Crippen molar-refractivity contribution in [2.75, 3.05) is 0 Å². The molecule has 6 nitrogen and oxygen atoms in total. The highest BCUT2D eigenvalue weighted by molar-refractivity contribution is 6.23. The topological polar surface area (TPSA) is 80.5 Å². The van der Waals surface area contributed by atoms with Gasteiger partial charge in [-0.15, -0.1) is 0 Å². The number of nitro benzene ring substituents is 1. The summed E-state index contributed by atoms with van der Waals surface area (Å²) < 4.78 is 0. The average molecular weight is 296 g/mol. The molecule has 6 heteroatoms. The predicted molar refractivity (Wildman–Crippen MR) is 78.5 cm³/mol. The Bertz CT molecular complexity index is 814. The molecule has 0 spiro atoms. The van der Waals surface area contributed by atoms with Crippen molar-refractivity contribution in [3.05, 3.63) is 74.8 Å². The van der Waals surface area contributed by atoms with E-state index in [-0.39, 0.29) is 23.4 Å². The fraction of sp³-hybridized carbons (Fsp3) is 0.125. The molecule has 1 aliphatic heterocycles. The molecule has 2 amide bonds. The van der Waals surface area contributed by atoms with Crippen LogP contribution in [0.3, 0.4) is 0 Å². The Hall–Kier alpha value is -3.02. The summed E-state index contributed by atoms with van der Waals surface area (Å²) in [7, 11) is 0. The molecule has 0 aliphatic carbocycles. The smallest absolute Gasteiger partial charge is 0.270 e. The second kappa shape index (κ2) is 5.07. The number of aryl methyl sites for hydroxylation is 1. The molecule has 0 atom stereocenters. The molecule has 2 aromatic rings. The minimum atomic E-state index is -0.639. The summed E-state index contributed by atoms with van der Waals surface area (Å²) in [5.74, 6) is -1.11. The van der Waals surface area contributed by atoms with Crippen LogP contribution < -0.4 is 0 Å². The molecule has 1 aliphatic rings. The highest BCUT2D eigenvalue weighted by Crippen LogP contribution is 2.31. The van der Waals surface area contributed by atoms with Crippen LogP contribution in [0.1, 0.15) is 31.8 Å². The Morgan fingerprint density at radius 3 is 2.50 bits per heavy atom. The summed E-state index contributed by atoms with van der Waals surface area (Å²) in [4.78, 5) is 36.2. The zero-order valence-corrected chi connectivity index (χ0v) is 11.8. The lowest BCUT2D eigenvalue weighted by molar-refractivity contribution is -0.385. The summed E-state index contributed by atoms with van der Waals surface area (Å²) in [5.41, 5.74) is 1.46. The van der Waals surface area contributed by atoms with Gasteiger partial charge in [0.15, 0.2) is 0 Å². The lowest BCUT2D eigenvalue weighted by Gasteiger charge is -2.14. The molecule has 3 rings (SSSR count). The molecule has 0 fully saturated rings. The number of hydrogen-bond acceptors (Lipinski definition) is 4. The number of carbonyl (C=O) groups excluding carboxylic acids is 2. The number of nitro groups is 1. The van der Waals surface area contributed by atoms with Gasteiger partial charge in [-0.05, 0) is 18.6 Å². The molecule has 2 aromatic carbocycles. The fourth-order valence-corrected chi connectivity index (χ4v) is 2.60. The van der Waals surface area contributed by atoms with Crippen molar-refractivity contribution in [1.82, 2.24) is 4.90 Å². The third kappa shape index (κ3) is 2.14. The summed E-state index contributed by atoms with van der Waals surface area (Å²) in [5, 5.41) is 11.0. The highest BCUT2D eigenvalue weighted by Gasteiger charge is 2.40. The van der Waals surface area contributed by atoms with Gasteiger partial charge in [0.2, 0.25) is 0 Å². The van der Waals surface area contributed by atoms with Crippen LogP contribution in [0.25, 0.3) is 0 Å². The number of rotatable bonds is 3. The summed E-state index contributed by atoms with van der Waals surface area (Å²) in [6.07, 6.45) is 0. The van der Waals surface area contributed by atoms with Crippen molar-refractivity contribution in [2.45, 2.75) is 13.5 Å². The van der Waals surface area contributed by atoms with Gasteiger partial charge in [-0.1, -0.05) is 35.9 Å². The van der Waals surface area contributed by atoms with E-state index in [0.29, 0.717) is 0 Å². The Morgan fingerprint density at radius 2 is 1.82 bits per heavy atom. The van der Waals surface area contributed by atoms with Gasteiger partial charge in [0.1, 0.15) is 5.56 Å². The van der Waals surface area contributed by atoms with Crippen LogP contribution in [-0.2, 0) is 6.54 Å². The van der Waals surface area contributed by atoms with Crippen molar-refractivity contribution in [2.24, 2.45) is 0 Å². The normalized spacial score (nSPS) is 13.4. The van der Waals surface area contributed by atoms with Crippen LogP contribution in [0.15, 0.2) is 42.5 Å². The number of nitrogens with zero attached hydrogens (tertiary/aromatic N) is 2.